The molecule has 92 valence electrons. The van der Waals surface area contributed by atoms with E-state index in [2.05, 4.69) is 32.6 Å². The first-order valence-corrected chi connectivity index (χ1v) is 7.16. The highest BCUT2D eigenvalue weighted by atomic mass is 35.5. The number of carbonyl (C=O) groups excluding carboxylic acids is 1. The van der Waals surface area contributed by atoms with Crippen molar-refractivity contribution in [3.63, 3.8) is 0 Å². The van der Waals surface area contributed by atoms with Gasteiger partial charge in [0, 0.05) is 22.6 Å². The smallest absolute Gasteiger partial charge is 0.224 e. The van der Waals surface area contributed by atoms with Gasteiger partial charge in [0.2, 0.25) is 5.91 Å². The summed E-state index contributed by atoms with van der Waals surface area (Å²) in [6, 6.07) is 0.282. The van der Waals surface area contributed by atoms with Gasteiger partial charge in [0.1, 0.15) is 0 Å². The van der Waals surface area contributed by atoms with Crippen molar-refractivity contribution in [2.24, 2.45) is 0 Å². The molecule has 2 saturated heterocycles. The minimum Gasteiger partial charge on any atom is -0.324 e. The maximum Gasteiger partial charge on any atom is 0.224 e. The molecule has 0 aliphatic carbocycles. The van der Waals surface area contributed by atoms with Crippen LogP contribution in [0.1, 0.15) is 47.0 Å². The topological polar surface area (TPSA) is 20.3 Å². The zero-order chi connectivity index (χ0) is 12.1. The third-order valence-electron chi connectivity index (χ3n) is 3.63. The van der Waals surface area contributed by atoms with Gasteiger partial charge in [-0.15, -0.1) is 23.4 Å². The van der Waals surface area contributed by atoms with Gasteiger partial charge in [0.05, 0.1) is 4.87 Å². The summed E-state index contributed by atoms with van der Waals surface area (Å²) in [5.74, 6) is 0.274. The maximum atomic E-state index is 12.2. The van der Waals surface area contributed by atoms with Gasteiger partial charge in [-0.2, -0.15) is 0 Å². The van der Waals surface area contributed by atoms with E-state index in [-0.39, 0.29) is 26.9 Å². The van der Waals surface area contributed by atoms with Gasteiger partial charge in [-0.25, -0.2) is 0 Å². The molecule has 2 aliphatic rings. The molecule has 2 aliphatic heterocycles. The van der Waals surface area contributed by atoms with Crippen molar-refractivity contribution in [2.45, 2.75) is 68.0 Å². The van der Waals surface area contributed by atoms with Crippen LogP contribution >= 0.6 is 23.4 Å². The molecule has 4 heteroatoms. The largest absolute Gasteiger partial charge is 0.324 e. The summed E-state index contributed by atoms with van der Waals surface area (Å²) >= 11 is 8.18. The van der Waals surface area contributed by atoms with Gasteiger partial charge in [-0.05, 0) is 40.5 Å². The number of alkyl halides is 1. The molecule has 2 rings (SSSR count). The quantitative estimate of drug-likeness (QED) is 0.624. The minimum atomic E-state index is -0.0911. The van der Waals surface area contributed by atoms with E-state index in [4.69, 9.17) is 11.6 Å². The Morgan fingerprint density at radius 3 is 2.62 bits per heavy atom. The third kappa shape index (κ3) is 1.97. The summed E-state index contributed by atoms with van der Waals surface area (Å²) in [5.41, 5.74) is 0. The molecule has 0 spiro atoms. The average molecular weight is 262 g/mol. The summed E-state index contributed by atoms with van der Waals surface area (Å²) in [7, 11) is 0. The molecule has 2 atom stereocenters. The molecular formula is C12H20ClNOS. The molecule has 2 nitrogen and oxygen atoms in total. The SMILES string of the molecule is CC1(C)SC(C)(C)N2C(=O)CC[C@@H](Cl)C[C@H]21. The second kappa shape index (κ2) is 3.81. The van der Waals surface area contributed by atoms with Crippen LogP contribution in [0.4, 0.5) is 0 Å². The number of hydrogen-bond acceptors (Lipinski definition) is 2. The third-order valence-corrected chi connectivity index (χ3v) is 5.52. The van der Waals surface area contributed by atoms with Crippen LogP contribution in [0.5, 0.6) is 0 Å². The van der Waals surface area contributed by atoms with Crippen molar-refractivity contribution in [2.75, 3.05) is 0 Å². The molecule has 0 aromatic heterocycles. The Morgan fingerprint density at radius 1 is 1.38 bits per heavy atom. The van der Waals surface area contributed by atoms with Gasteiger partial charge < -0.3 is 4.90 Å². The number of amides is 1. The lowest BCUT2D eigenvalue weighted by molar-refractivity contribution is -0.135. The first-order valence-electron chi connectivity index (χ1n) is 5.90. The van der Waals surface area contributed by atoms with E-state index in [1.165, 1.54) is 0 Å². The number of nitrogens with zero attached hydrogens (tertiary/aromatic N) is 1. The van der Waals surface area contributed by atoms with E-state index in [1.807, 2.05) is 11.8 Å². The van der Waals surface area contributed by atoms with Gasteiger partial charge in [0.15, 0.2) is 0 Å². The summed E-state index contributed by atoms with van der Waals surface area (Å²) in [4.78, 5) is 14.2. The number of halogens is 1. The monoisotopic (exact) mass is 261 g/mol. The molecule has 0 bridgehead atoms. The molecule has 0 radical (unpaired) electrons. The Labute approximate surface area is 107 Å². The number of thioether (sulfide) groups is 1. The van der Waals surface area contributed by atoms with Crippen molar-refractivity contribution < 1.29 is 4.79 Å². The molecule has 2 fully saturated rings. The Kier molecular flexibility index (Phi) is 2.99. The lowest BCUT2D eigenvalue weighted by Gasteiger charge is -2.34. The van der Waals surface area contributed by atoms with Crippen molar-refractivity contribution in [3.05, 3.63) is 0 Å². The maximum absolute atomic E-state index is 12.2. The van der Waals surface area contributed by atoms with E-state index >= 15 is 0 Å². The van der Waals surface area contributed by atoms with E-state index in [1.54, 1.807) is 0 Å². The number of hydrogen-bond donors (Lipinski definition) is 0. The van der Waals surface area contributed by atoms with Crippen LogP contribution in [-0.2, 0) is 4.79 Å². The predicted molar refractivity (Wildman–Crippen MR) is 69.9 cm³/mol. The fourth-order valence-electron chi connectivity index (χ4n) is 3.07. The number of fused-ring (bicyclic) bond motifs is 1. The van der Waals surface area contributed by atoms with Crippen LogP contribution in [0.2, 0.25) is 0 Å². The normalized spacial score (nSPS) is 37.1. The van der Waals surface area contributed by atoms with E-state index < -0.39 is 0 Å². The second-order valence-corrected chi connectivity index (χ2v) is 8.68. The summed E-state index contributed by atoms with van der Waals surface area (Å²) in [5, 5.41) is 0.146. The average Bonchev–Trinajstić information content (AvgIpc) is 2.25. The van der Waals surface area contributed by atoms with Gasteiger partial charge in [0.25, 0.3) is 0 Å². The Hall–Kier alpha value is 0.110. The van der Waals surface area contributed by atoms with Crippen LogP contribution in [0, 0.1) is 0 Å². The molecule has 0 aromatic rings. The first kappa shape index (κ1) is 12.6. The Balaban J connectivity index is 2.37. The van der Waals surface area contributed by atoms with E-state index in [0.29, 0.717) is 6.42 Å². The Morgan fingerprint density at radius 2 is 2.00 bits per heavy atom. The van der Waals surface area contributed by atoms with Gasteiger partial charge in [-0.1, -0.05) is 0 Å². The van der Waals surface area contributed by atoms with E-state index in [0.717, 1.165) is 12.8 Å². The zero-order valence-electron chi connectivity index (χ0n) is 10.4. The van der Waals surface area contributed by atoms with Crippen LogP contribution in [0.25, 0.3) is 0 Å². The predicted octanol–water partition coefficient (Wildman–Crippen LogP) is 3.24. The Bertz CT molecular complexity index is 316. The lowest BCUT2D eigenvalue weighted by Crippen LogP contribution is -2.48. The van der Waals surface area contributed by atoms with Crippen molar-refractivity contribution in [3.8, 4) is 0 Å². The van der Waals surface area contributed by atoms with Crippen LogP contribution < -0.4 is 0 Å². The molecule has 0 aromatic carbocycles. The van der Waals surface area contributed by atoms with E-state index in [9.17, 15) is 4.79 Å². The molecule has 0 saturated carbocycles. The van der Waals surface area contributed by atoms with Gasteiger partial charge >= 0.3 is 0 Å². The first-order chi connectivity index (χ1) is 7.24. The summed E-state index contributed by atoms with van der Waals surface area (Å²) in [6.07, 6.45) is 2.35. The minimum absolute atomic E-state index is 0.0911. The summed E-state index contributed by atoms with van der Waals surface area (Å²) < 4.78 is 0.108. The highest BCUT2D eigenvalue weighted by Gasteiger charge is 2.54. The van der Waals surface area contributed by atoms with Crippen LogP contribution in [0.3, 0.4) is 0 Å². The van der Waals surface area contributed by atoms with Crippen molar-refractivity contribution in [1.29, 1.82) is 0 Å². The van der Waals surface area contributed by atoms with Crippen molar-refractivity contribution >= 4 is 29.3 Å². The fraction of sp³-hybridized carbons (Fsp3) is 0.917. The molecule has 1 amide bonds. The highest BCUT2D eigenvalue weighted by molar-refractivity contribution is 8.02. The standard InChI is InChI=1S/C12H20ClNOS/c1-11(2)9-7-8(13)5-6-10(15)14(9)12(3,4)16-11/h8-9H,5-7H2,1-4H3/t8-,9+/m1/s1. The van der Waals surface area contributed by atoms with Crippen molar-refractivity contribution in [1.82, 2.24) is 4.90 Å². The summed E-state index contributed by atoms with van der Waals surface area (Å²) in [6.45, 7) is 8.75. The molecule has 0 N–H and O–H groups in total. The number of rotatable bonds is 0. The molecule has 16 heavy (non-hydrogen) atoms. The van der Waals surface area contributed by atoms with Gasteiger partial charge in [-0.3, -0.25) is 4.79 Å². The lowest BCUT2D eigenvalue weighted by atomic mass is 9.96. The number of carbonyl (C=O) groups is 1. The molecular weight excluding hydrogens is 242 g/mol. The fourth-order valence-corrected chi connectivity index (χ4v) is 5.30. The van der Waals surface area contributed by atoms with Crippen LogP contribution in [0.15, 0.2) is 0 Å². The molecule has 2 heterocycles. The zero-order valence-corrected chi connectivity index (χ0v) is 12.0. The highest BCUT2D eigenvalue weighted by Crippen LogP contribution is 2.53. The van der Waals surface area contributed by atoms with Crippen LogP contribution in [-0.4, -0.2) is 31.8 Å². The molecule has 0 unspecified atom stereocenters. The second-order valence-electron chi connectivity index (χ2n) is 5.80.